The number of nitrogens with one attached hydrogen (secondary N) is 1. The zero-order valence-electron chi connectivity index (χ0n) is 22.4. The third kappa shape index (κ3) is 7.79. The summed E-state index contributed by atoms with van der Waals surface area (Å²) in [4.78, 5) is 25.9. The molecule has 40 heavy (non-hydrogen) atoms. The van der Waals surface area contributed by atoms with Crippen molar-refractivity contribution < 1.29 is 41.0 Å². The number of aromatic carboxylic acids is 1. The van der Waals surface area contributed by atoms with Crippen molar-refractivity contribution in [2.75, 3.05) is 24.4 Å². The molecule has 0 bridgehead atoms. The van der Waals surface area contributed by atoms with Crippen molar-refractivity contribution >= 4 is 28.8 Å². The van der Waals surface area contributed by atoms with Gasteiger partial charge in [0, 0.05) is 13.6 Å². The van der Waals surface area contributed by atoms with Crippen LogP contribution in [-0.4, -0.2) is 63.0 Å². The maximum atomic E-state index is 14.5. The molecule has 1 amide bonds. The summed E-state index contributed by atoms with van der Waals surface area (Å²) in [5.41, 5.74) is 0.518. The molecule has 0 aromatic heterocycles. The molecule has 3 N–H and O–H groups in total. The summed E-state index contributed by atoms with van der Waals surface area (Å²) in [5.74, 6) is -3.16. The van der Waals surface area contributed by atoms with Gasteiger partial charge in [0.1, 0.15) is 11.9 Å². The number of likely N-dealkylation sites (tertiary alicyclic amines) is 1. The molecule has 0 spiro atoms. The van der Waals surface area contributed by atoms with Gasteiger partial charge in [0.05, 0.1) is 17.2 Å². The van der Waals surface area contributed by atoms with E-state index in [2.05, 4.69) is 5.32 Å². The summed E-state index contributed by atoms with van der Waals surface area (Å²) in [5, 5.41) is 12.1. The highest BCUT2D eigenvalue weighted by atomic mass is 32.2. The van der Waals surface area contributed by atoms with Gasteiger partial charge >= 0.3 is 12.1 Å². The van der Waals surface area contributed by atoms with E-state index in [1.165, 1.54) is 49.2 Å². The lowest BCUT2D eigenvalue weighted by Gasteiger charge is -2.38. The molecule has 0 saturated carbocycles. The summed E-state index contributed by atoms with van der Waals surface area (Å²) < 4.78 is 78.1. The Morgan fingerprint density at radius 1 is 1.15 bits per heavy atom. The van der Waals surface area contributed by atoms with Gasteiger partial charge in [0.2, 0.25) is 5.91 Å². The van der Waals surface area contributed by atoms with Gasteiger partial charge in [-0.15, -0.1) is 0 Å². The molecular formula is C27H33F4N3O5S. The maximum absolute atomic E-state index is 14.5. The van der Waals surface area contributed by atoms with Crippen molar-refractivity contribution in [3.8, 4) is 0 Å². The number of alkyl halides is 3. The lowest BCUT2D eigenvalue weighted by molar-refractivity contribution is -0.186. The standard InChI is InChI=1S/C27H33F4N3O5S/c1-16-8-10-34(11-9-16)24(27(29,30)31)14-19-4-5-20(26(36)37)12-21(19)15-32-25(35)17(2)18-6-7-23(22(28)13-18)33(3)40(38)39/h4-7,12-13,16-17,24H,8-11,14-15H2,1-3H3,(H,32,35)(H,36,37)(H,38,39). The number of benzene rings is 2. The van der Waals surface area contributed by atoms with E-state index in [-0.39, 0.29) is 34.5 Å². The van der Waals surface area contributed by atoms with Gasteiger partial charge < -0.3 is 10.4 Å². The average molecular weight is 588 g/mol. The number of amides is 1. The molecule has 2 aromatic carbocycles. The Morgan fingerprint density at radius 3 is 2.35 bits per heavy atom. The number of piperidine rings is 1. The predicted molar refractivity (Wildman–Crippen MR) is 143 cm³/mol. The average Bonchev–Trinajstić information content (AvgIpc) is 2.89. The van der Waals surface area contributed by atoms with Crippen molar-refractivity contribution in [1.29, 1.82) is 0 Å². The molecule has 1 saturated heterocycles. The van der Waals surface area contributed by atoms with Gasteiger partial charge in [-0.1, -0.05) is 19.1 Å². The number of carboxylic acids is 1. The van der Waals surface area contributed by atoms with E-state index in [1.54, 1.807) is 0 Å². The van der Waals surface area contributed by atoms with Crippen molar-refractivity contribution in [3.63, 3.8) is 0 Å². The monoisotopic (exact) mass is 587 g/mol. The van der Waals surface area contributed by atoms with Gasteiger partial charge in [-0.3, -0.25) is 18.6 Å². The van der Waals surface area contributed by atoms with Crippen molar-refractivity contribution in [1.82, 2.24) is 10.2 Å². The van der Waals surface area contributed by atoms with Crippen LogP contribution in [0.4, 0.5) is 23.2 Å². The van der Waals surface area contributed by atoms with Crippen molar-refractivity contribution in [2.45, 2.75) is 57.8 Å². The molecular weight excluding hydrogens is 554 g/mol. The first-order valence-corrected chi connectivity index (χ1v) is 13.8. The second kappa shape index (κ2) is 13.1. The predicted octanol–water partition coefficient (Wildman–Crippen LogP) is 4.72. The Morgan fingerprint density at radius 2 is 1.80 bits per heavy atom. The lowest BCUT2D eigenvalue weighted by Crippen LogP contribution is -2.50. The molecule has 1 heterocycles. The molecule has 13 heteroatoms. The fourth-order valence-corrected chi connectivity index (χ4v) is 5.06. The zero-order chi connectivity index (χ0) is 29.8. The van der Waals surface area contributed by atoms with Crippen LogP contribution in [-0.2, 0) is 29.0 Å². The van der Waals surface area contributed by atoms with Crippen LogP contribution in [0.1, 0.15) is 59.7 Å². The van der Waals surface area contributed by atoms with E-state index in [0.29, 0.717) is 31.8 Å². The molecule has 3 atom stereocenters. The molecule has 1 fully saturated rings. The van der Waals surface area contributed by atoms with Gasteiger partial charge in [-0.25, -0.2) is 13.4 Å². The molecule has 220 valence electrons. The normalized spacial score (nSPS) is 17.2. The molecule has 0 radical (unpaired) electrons. The summed E-state index contributed by atoms with van der Waals surface area (Å²) in [6.45, 7) is 3.89. The largest absolute Gasteiger partial charge is 0.478 e. The van der Waals surface area contributed by atoms with E-state index in [0.717, 1.165) is 10.4 Å². The number of carbonyl (C=O) groups is 2. The van der Waals surface area contributed by atoms with E-state index >= 15 is 0 Å². The Hall–Kier alpha value is -3.03. The van der Waals surface area contributed by atoms with Crippen LogP contribution in [0.5, 0.6) is 0 Å². The van der Waals surface area contributed by atoms with Gasteiger partial charge in [0.25, 0.3) is 11.3 Å². The first-order chi connectivity index (χ1) is 18.7. The molecule has 0 aliphatic carbocycles. The SMILES string of the molecule is CC1CCN(C(Cc2ccc(C(=O)O)cc2CNC(=O)C(C)c2ccc(N(C)S(=O)O)c(F)c2)C(F)(F)F)CC1. The molecule has 1 aliphatic heterocycles. The van der Waals surface area contributed by atoms with E-state index in [4.69, 9.17) is 4.55 Å². The number of rotatable bonds is 10. The summed E-state index contributed by atoms with van der Waals surface area (Å²) in [6, 6.07) is 5.86. The molecule has 3 unspecified atom stereocenters. The van der Waals surface area contributed by atoms with Crippen LogP contribution in [0.15, 0.2) is 36.4 Å². The van der Waals surface area contributed by atoms with E-state index in [1.807, 2.05) is 6.92 Å². The van der Waals surface area contributed by atoms with Crippen molar-refractivity contribution in [2.24, 2.45) is 5.92 Å². The quantitative estimate of drug-likeness (QED) is 0.274. The van der Waals surface area contributed by atoms with Crippen LogP contribution >= 0.6 is 0 Å². The van der Waals surface area contributed by atoms with E-state index in [9.17, 15) is 36.5 Å². The minimum Gasteiger partial charge on any atom is -0.478 e. The second-order valence-electron chi connectivity index (χ2n) is 10.1. The topological polar surface area (TPSA) is 110 Å². The number of anilines is 1. The van der Waals surface area contributed by atoms with Gasteiger partial charge in [-0.05, 0) is 86.1 Å². The number of carbonyl (C=O) groups excluding carboxylic acids is 1. The minimum atomic E-state index is -4.51. The van der Waals surface area contributed by atoms with Crippen LogP contribution in [0.2, 0.25) is 0 Å². The van der Waals surface area contributed by atoms with Crippen LogP contribution in [0.3, 0.4) is 0 Å². The number of nitrogens with zero attached hydrogens (tertiary/aromatic N) is 2. The van der Waals surface area contributed by atoms with Crippen LogP contribution in [0, 0.1) is 11.7 Å². The molecule has 1 aliphatic rings. The minimum absolute atomic E-state index is 0.126. The van der Waals surface area contributed by atoms with Crippen molar-refractivity contribution in [3.05, 3.63) is 64.5 Å². The number of carboxylic acid groups (broad SMARTS) is 1. The number of hydrogen-bond acceptors (Lipinski definition) is 4. The fourth-order valence-electron chi connectivity index (χ4n) is 4.74. The summed E-state index contributed by atoms with van der Waals surface area (Å²) in [7, 11) is 1.22. The Kier molecular flexibility index (Phi) is 10.3. The molecule has 3 rings (SSSR count). The fraction of sp³-hybridized carbons (Fsp3) is 0.481. The third-order valence-corrected chi connectivity index (χ3v) is 8.06. The third-order valence-electron chi connectivity index (χ3n) is 7.39. The van der Waals surface area contributed by atoms with Crippen LogP contribution < -0.4 is 9.62 Å². The molecule has 8 nitrogen and oxygen atoms in total. The highest BCUT2D eigenvalue weighted by Crippen LogP contribution is 2.32. The number of hydrogen-bond donors (Lipinski definition) is 3. The second-order valence-corrected chi connectivity index (χ2v) is 11.2. The highest BCUT2D eigenvalue weighted by Gasteiger charge is 2.44. The first-order valence-electron chi connectivity index (χ1n) is 12.8. The Balaban J connectivity index is 1.80. The number of halogens is 4. The first kappa shape index (κ1) is 31.5. The van der Waals surface area contributed by atoms with Gasteiger partial charge in [0.15, 0.2) is 0 Å². The maximum Gasteiger partial charge on any atom is 0.404 e. The van der Waals surface area contributed by atoms with Gasteiger partial charge in [-0.2, -0.15) is 13.2 Å². The Bertz CT molecular complexity index is 1250. The summed E-state index contributed by atoms with van der Waals surface area (Å²) >= 11 is -2.44. The lowest BCUT2D eigenvalue weighted by atomic mass is 9.93. The Labute approximate surface area is 232 Å². The van der Waals surface area contributed by atoms with E-state index < -0.39 is 53.5 Å². The zero-order valence-corrected chi connectivity index (χ0v) is 23.2. The highest BCUT2D eigenvalue weighted by molar-refractivity contribution is 7.80. The smallest absolute Gasteiger partial charge is 0.404 e. The van der Waals surface area contributed by atoms with Crippen LogP contribution in [0.25, 0.3) is 0 Å². The molecule has 2 aromatic rings. The summed E-state index contributed by atoms with van der Waals surface area (Å²) in [6.07, 6.45) is -3.60.